The second kappa shape index (κ2) is 11.0. The molecule has 0 aromatic heterocycles. The van der Waals surface area contributed by atoms with Gasteiger partial charge in [0.15, 0.2) is 0 Å². The number of carboxylic acid groups (broad SMARTS) is 1. The fourth-order valence-electron chi connectivity index (χ4n) is 3.97. The van der Waals surface area contributed by atoms with Crippen LogP contribution in [-0.2, 0) is 14.3 Å². The maximum absolute atomic E-state index is 10.5. The zero-order chi connectivity index (χ0) is 16.3. The minimum Gasteiger partial charge on any atom is -0.481 e. The first-order chi connectivity index (χ1) is 11.3. The molecule has 0 unspecified atom stereocenters. The van der Waals surface area contributed by atoms with E-state index in [1.807, 2.05) is 0 Å². The number of hydrogen-bond donors (Lipinski definition) is 1. The molecule has 2 atom stereocenters. The first-order valence-corrected chi connectivity index (χ1v) is 9.63. The second-order valence-electron chi connectivity index (χ2n) is 7.42. The monoisotopic (exact) mass is 326 g/mol. The molecule has 0 aromatic rings. The van der Waals surface area contributed by atoms with Crippen molar-refractivity contribution >= 4 is 5.97 Å². The lowest BCUT2D eigenvalue weighted by atomic mass is 9.91. The molecular weight excluding hydrogens is 292 g/mol. The van der Waals surface area contributed by atoms with E-state index < -0.39 is 5.97 Å². The van der Waals surface area contributed by atoms with Gasteiger partial charge in [0, 0.05) is 25.6 Å². The highest BCUT2D eigenvalue weighted by atomic mass is 16.5. The van der Waals surface area contributed by atoms with Gasteiger partial charge < -0.3 is 14.6 Å². The average Bonchev–Trinajstić information content (AvgIpc) is 3.18. The van der Waals surface area contributed by atoms with Crippen LogP contribution in [0, 0.1) is 17.8 Å². The maximum atomic E-state index is 10.5. The van der Waals surface area contributed by atoms with Gasteiger partial charge in [0.25, 0.3) is 0 Å². The van der Waals surface area contributed by atoms with Gasteiger partial charge in [-0.25, -0.2) is 0 Å². The summed E-state index contributed by atoms with van der Waals surface area (Å²) in [7, 11) is 0. The van der Waals surface area contributed by atoms with Crippen LogP contribution in [0.25, 0.3) is 0 Å². The molecule has 0 bridgehead atoms. The standard InChI is InChI=1S/C19H34O4/c20-19(21)10-4-2-1-3-9-17-13-23-15-18(17)14-22-12-11-16-7-5-6-8-16/h16-18H,1-15H2,(H,20,21)/t17-,18-/m0/s1. The zero-order valence-electron chi connectivity index (χ0n) is 14.5. The van der Waals surface area contributed by atoms with Crippen LogP contribution in [0.3, 0.4) is 0 Å². The van der Waals surface area contributed by atoms with E-state index >= 15 is 0 Å². The van der Waals surface area contributed by atoms with Gasteiger partial charge in [0.1, 0.15) is 0 Å². The van der Waals surface area contributed by atoms with Crippen molar-refractivity contribution in [1.82, 2.24) is 0 Å². The highest BCUT2D eigenvalue weighted by Crippen LogP contribution is 2.29. The summed E-state index contributed by atoms with van der Waals surface area (Å²) in [4.78, 5) is 10.5. The zero-order valence-corrected chi connectivity index (χ0v) is 14.5. The fourth-order valence-corrected chi connectivity index (χ4v) is 3.97. The molecule has 2 fully saturated rings. The van der Waals surface area contributed by atoms with Gasteiger partial charge in [-0.15, -0.1) is 0 Å². The third-order valence-electron chi connectivity index (χ3n) is 5.52. The third-order valence-corrected chi connectivity index (χ3v) is 5.52. The summed E-state index contributed by atoms with van der Waals surface area (Å²) >= 11 is 0. The molecule has 1 aliphatic carbocycles. The van der Waals surface area contributed by atoms with E-state index in [-0.39, 0.29) is 0 Å². The van der Waals surface area contributed by atoms with Gasteiger partial charge in [0.2, 0.25) is 0 Å². The maximum Gasteiger partial charge on any atom is 0.303 e. The summed E-state index contributed by atoms with van der Waals surface area (Å²) in [6, 6.07) is 0. The lowest BCUT2D eigenvalue weighted by Crippen LogP contribution is -2.19. The summed E-state index contributed by atoms with van der Waals surface area (Å²) in [5.41, 5.74) is 0. The fraction of sp³-hybridized carbons (Fsp3) is 0.947. The molecule has 0 amide bonds. The number of carboxylic acids is 1. The first kappa shape index (κ1) is 18.7. The number of unbranched alkanes of at least 4 members (excludes halogenated alkanes) is 3. The van der Waals surface area contributed by atoms with Crippen LogP contribution in [0.4, 0.5) is 0 Å². The van der Waals surface area contributed by atoms with E-state index in [9.17, 15) is 4.79 Å². The number of carbonyl (C=O) groups is 1. The van der Waals surface area contributed by atoms with E-state index in [1.165, 1.54) is 44.9 Å². The SMILES string of the molecule is O=C(O)CCCCCC[C@H]1COC[C@@H]1COCCC1CCCC1. The van der Waals surface area contributed by atoms with Crippen LogP contribution in [0.5, 0.6) is 0 Å². The van der Waals surface area contributed by atoms with Crippen molar-refractivity contribution in [2.75, 3.05) is 26.4 Å². The van der Waals surface area contributed by atoms with Gasteiger partial charge in [0.05, 0.1) is 13.2 Å². The van der Waals surface area contributed by atoms with Gasteiger partial charge in [-0.1, -0.05) is 44.9 Å². The van der Waals surface area contributed by atoms with E-state index in [0.29, 0.717) is 18.3 Å². The molecule has 134 valence electrons. The quantitative estimate of drug-likeness (QED) is 0.544. The lowest BCUT2D eigenvalue weighted by molar-refractivity contribution is -0.137. The molecule has 0 aromatic carbocycles. The van der Waals surface area contributed by atoms with Crippen molar-refractivity contribution < 1.29 is 19.4 Å². The predicted molar refractivity (Wildman–Crippen MR) is 90.5 cm³/mol. The van der Waals surface area contributed by atoms with Crippen LogP contribution >= 0.6 is 0 Å². The summed E-state index contributed by atoms with van der Waals surface area (Å²) in [6.45, 7) is 3.51. The van der Waals surface area contributed by atoms with E-state index in [1.54, 1.807) is 0 Å². The summed E-state index contributed by atoms with van der Waals surface area (Å²) < 4.78 is 11.6. The summed E-state index contributed by atoms with van der Waals surface area (Å²) in [5, 5.41) is 8.62. The van der Waals surface area contributed by atoms with Crippen LogP contribution in [0.15, 0.2) is 0 Å². The smallest absolute Gasteiger partial charge is 0.303 e. The Bertz CT molecular complexity index is 325. The molecule has 1 saturated carbocycles. The Morgan fingerprint density at radius 1 is 1.00 bits per heavy atom. The molecule has 2 aliphatic rings. The first-order valence-electron chi connectivity index (χ1n) is 9.63. The van der Waals surface area contributed by atoms with Crippen molar-refractivity contribution in [3.63, 3.8) is 0 Å². The van der Waals surface area contributed by atoms with E-state index in [2.05, 4.69) is 0 Å². The van der Waals surface area contributed by atoms with Gasteiger partial charge in [-0.05, 0) is 31.1 Å². The van der Waals surface area contributed by atoms with E-state index in [4.69, 9.17) is 14.6 Å². The highest BCUT2D eigenvalue weighted by Gasteiger charge is 2.27. The van der Waals surface area contributed by atoms with Crippen LogP contribution in [0.1, 0.15) is 70.6 Å². The lowest BCUT2D eigenvalue weighted by Gasteiger charge is -2.18. The van der Waals surface area contributed by atoms with Crippen molar-refractivity contribution in [3.8, 4) is 0 Å². The largest absolute Gasteiger partial charge is 0.481 e. The Hall–Kier alpha value is -0.610. The Balaban J connectivity index is 1.48. The molecule has 1 aliphatic heterocycles. The Morgan fingerprint density at radius 3 is 2.52 bits per heavy atom. The van der Waals surface area contributed by atoms with Crippen molar-refractivity contribution in [3.05, 3.63) is 0 Å². The van der Waals surface area contributed by atoms with Crippen molar-refractivity contribution in [1.29, 1.82) is 0 Å². The number of rotatable bonds is 12. The number of aliphatic carboxylic acids is 1. The van der Waals surface area contributed by atoms with Crippen molar-refractivity contribution in [2.24, 2.45) is 17.8 Å². The van der Waals surface area contributed by atoms with Gasteiger partial charge >= 0.3 is 5.97 Å². The molecule has 0 spiro atoms. The van der Waals surface area contributed by atoms with Crippen LogP contribution < -0.4 is 0 Å². The molecule has 23 heavy (non-hydrogen) atoms. The topological polar surface area (TPSA) is 55.8 Å². The highest BCUT2D eigenvalue weighted by molar-refractivity contribution is 5.66. The molecule has 1 saturated heterocycles. The molecule has 2 rings (SSSR count). The number of ether oxygens (including phenoxy) is 2. The normalized spacial score (nSPS) is 25.2. The summed E-state index contributed by atoms with van der Waals surface area (Å²) in [5.74, 6) is 1.44. The minimum absolute atomic E-state index is 0.310. The average molecular weight is 326 g/mol. The third kappa shape index (κ3) is 7.67. The molecule has 1 heterocycles. The van der Waals surface area contributed by atoms with Crippen LogP contribution in [0.2, 0.25) is 0 Å². The molecular formula is C19H34O4. The molecule has 4 heteroatoms. The molecule has 0 radical (unpaired) electrons. The van der Waals surface area contributed by atoms with Gasteiger partial charge in [-0.2, -0.15) is 0 Å². The molecule has 4 nitrogen and oxygen atoms in total. The Morgan fingerprint density at radius 2 is 1.74 bits per heavy atom. The predicted octanol–water partition coefficient (Wildman–Crippen LogP) is 4.27. The van der Waals surface area contributed by atoms with Crippen LogP contribution in [-0.4, -0.2) is 37.5 Å². The Labute approximate surface area is 140 Å². The van der Waals surface area contributed by atoms with Gasteiger partial charge in [-0.3, -0.25) is 4.79 Å². The minimum atomic E-state index is -0.677. The Kier molecular flexibility index (Phi) is 8.98. The number of hydrogen-bond acceptors (Lipinski definition) is 3. The van der Waals surface area contributed by atoms with E-state index in [0.717, 1.165) is 51.6 Å². The second-order valence-corrected chi connectivity index (χ2v) is 7.42. The summed E-state index contributed by atoms with van der Waals surface area (Å²) in [6.07, 6.45) is 12.5. The van der Waals surface area contributed by atoms with Crippen molar-refractivity contribution in [2.45, 2.75) is 70.6 Å². The molecule has 1 N–H and O–H groups in total.